The molecule has 2 heterocycles. The Morgan fingerprint density at radius 1 is 1.00 bits per heavy atom. The second kappa shape index (κ2) is 14.4. The fourth-order valence-electron chi connectivity index (χ4n) is 2.47. The van der Waals surface area contributed by atoms with Crippen LogP contribution in [-0.2, 0) is 20.2 Å². The first-order valence-corrected chi connectivity index (χ1v) is 14.9. The molecule has 0 fully saturated rings. The van der Waals surface area contributed by atoms with Crippen LogP contribution in [-0.4, -0.2) is 79.7 Å². The van der Waals surface area contributed by atoms with Gasteiger partial charge >= 0.3 is 0 Å². The van der Waals surface area contributed by atoms with Crippen molar-refractivity contribution in [1.29, 1.82) is 0 Å². The molecule has 0 spiro atoms. The number of carbonyl (C=O) groups excluding carboxylic acids is 1. The number of hydrogen-bond donors (Lipinski definition) is 4. The first-order valence-electron chi connectivity index (χ1n) is 10.0. The van der Waals surface area contributed by atoms with E-state index in [2.05, 4.69) is 25.6 Å². The van der Waals surface area contributed by atoms with Gasteiger partial charge in [0.15, 0.2) is 5.82 Å². The quantitative estimate of drug-likeness (QED) is 0.191. The number of amides is 1. The summed E-state index contributed by atoms with van der Waals surface area (Å²) >= 11 is 1.39. The summed E-state index contributed by atoms with van der Waals surface area (Å²) in [6, 6.07) is 10.8. The first-order chi connectivity index (χ1) is 17.2. The van der Waals surface area contributed by atoms with Crippen molar-refractivity contribution in [2.75, 3.05) is 43.6 Å². The van der Waals surface area contributed by atoms with E-state index in [0.717, 1.165) is 11.3 Å². The Labute approximate surface area is 219 Å². The lowest BCUT2D eigenvalue weighted by molar-refractivity contribution is 0.102. The molecule has 3 rings (SSSR count). The van der Waals surface area contributed by atoms with Gasteiger partial charge in [-0.2, -0.15) is 16.8 Å². The molecule has 2 aromatic heterocycles. The second-order valence-corrected chi connectivity index (χ2v) is 10.6. The van der Waals surface area contributed by atoms with Crippen LogP contribution in [0.15, 0.2) is 53.8 Å². The molecule has 0 aliphatic rings. The lowest BCUT2D eigenvalue weighted by Crippen LogP contribution is -2.17. The van der Waals surface area contributed by atoms with Gasteiger partial charge in [-0.1, -0.05) is 0 Å². The van der Waals surface area contributed by atoms with E-state index in [9.17, 15) is 21.6 Å². The van der Waals surface area contributed by atoms with Crippen LogP contribution in [0, 0.1) is 0 Å². The fraction of sp³-hybridized carbons (Fsp3) is 0.238. The molecule has 4 N–H and O–H groups in total. The van der Waals surface area contributed by atoms with Gasteiger partial charge in [0.1, 0.15) is 22.2 Å². The van der Waals surface area contributed by atoms with Gasteiger partial charge in [0, 0.05) is 30.7 Å². The summed E-state index contributed by atoms with van der Waals surface area (Å²) in [4.78, 5) is 26.0. The van der Waals surface area contributed by atoms with Crippen molar-refractivity contribution in [3.63, 3.8) is 0 Å². The molecule has 0 atom stereocenters. The third kappa shape index (κ3) is 13.0. The normalized spacial score (nSPS) is 10.7. The highest BCUT2D eigenvalue weighted by molar-refractivity contribution is 7.98. The van der Waals surface area contributed by atoms with Crippen LogP contribution in [0.5, 0.6) is 5.75 Å². The smallest absolute Gasteiger partial charge is 0.262 e. The second-order valence-electron chi connectivity index (χ2n) is 6.92. The fourth-order valence-corrected chi connectivity index (χ4v) is 3.04. The Kier molecular flexibility index (Phi) is 12.4. The topological polar surface area (TPSA) is 198 Å². The van der Waals surface area contributed by atoms with Crippen LogP contribution in [0.25, 0.3) is 11.4 Å². The van der Waals surface area contributed by atoms with Crippen molar-refractivity contribution in [3.05, 3.63) is 54.4 Å². The number of methoxy groups -OCH3 is 1. The third-order valence-electron chi connectivity index (χ3n) is 3.80. The molecule has 0 unspecified atom stereocenters. The predicted molar refractivity (Wildman–Crippen MR) is 142 cm³/mol. The number of nitrogens with zero attached hydrogens (tertiary/aromatic N) is 3. The average Bonchev–Trinajstić information content (AvgIpc) is 2.82. The lowest BCUT2D eigenvalue weighted by atomic mass is 10.2. The summed E-state index contributed by atoms with van der Waals surface area (Å²) in [5, 5.41) is 6.46. The van der Waals surface area contributed by atoms with E-state index >= 15 is 0 Å². The molecule has 0 saturated carbocycles. The molecular formula is C21H27N5O8S3. The van der Waals surface area contributed by atoms with Crippen molar-refractivity contribution >= 4 is 49.4 Å². The Morgan fingerprint density at radius 2 is 1.57 bits per heavy atom. The zero-order chi connectivity index (χ0) is 28.2. The standard InChI is InChI=1S/C19H19N5O2S.2CH4O3S/c1-20-17-15(18(25)22-13-6-8-14(26-2)9-7-13)19(27-3)24-16(23-17)12-5-4-10-21-11-12;2*1-5(2,3)4/h4-11H,1-3H3,(H,22,25)(H,20,23,24);2*1H3,(H,2,3,4). The van der Waals surface area contributed by atoms with Crippen molar-refractivity contribution in [3.8, 4) is 17.1 Å². The van der Waals surface area contributed by atoms with E-state index in [1.165, 1.54) is 11.8 Å². The number of ether oxygens (including phenoxy) is 1. The van der Waals surface area contributed by atoms with Gasteiger partial charge in [-0.25, -0.2) is 9.97 Å². The zero-order valence-corrected chi connectivity index (χ0v) is 23.0. The maximum absolute atomic E-state index is 12.9. The number of benzene rings is 1. The van der Waals surface area contributed by atoms with Crippen molar-refractivity contribution in [2.45, 2.75) is 5.03 Å². The molecule has 16 heteroatoms. The van der Waals surface area contributed by atoms with E-state index in [1.807, 2.05) is 18.4 Å². The van der Waals surface area contributed by atoms with E-state index in [0.29, 0.717) is 40.4 Å². The molecule has 0 radical (unpaired) electrons. The van der Waals surface area contributed by atoms with Crippen molar-refractivity contribution in [1.82, 2.24) is 15.0 Å². The Balaban J connectivity index is 0.000000583. The van der Waals surface area contributed by atoms with Gasteiger partial charge in [0.2, 0.25) is 0 Å². The minimum atomic E-state index is -3.67. The summed E-state index contributed by atoms with van der Waals surface area (Å²) in [5.41, 5.74) is 1.84. The maximum atomic E-state index is 12.9. The highest BCUT2D eigenvalue weighted by atomic mass is 32.2. The van der Waals surface area contributed by atoms with E-state index in [1.54, 1.807) is 50.8 Å². The van der Waals surface area contributed by atoms with Gasteiger partial charge in [0.05, 0.1) is 19.6 Å². The number of anilines is 2. The van der Waals surface area contributed by atoms with Crippen LogP contribution in [0.2, 0.25) is 0 Å². The van der Waals surface area contributed by atoms with Crippen LogP contribution < -0.4 is 15.4 Å². The summed E-state index contributed by atoms with van der Waals surface area (Å²) in [5.74, 6) is 1.40. The van der Waals surface area contributed by atoms with Crippen LogP contribution in [0.3, 0.4) is 0 Å². The van der Waals surface area contributed by atoms with Crippen LogP contribution >= 0.6 is 11.8 Å². The number of rotatable bonds is 6. The Hall–Kier alpha value is -3.31. The van der Waals surface area contributed by atoms with Gasteiger partial charge in [-0.3, -0.25) is 18.9 Å². The molecule has 1 aromatic carbocycles. The minimum absolute atomic E-state index is 0.286. The van der Waals surface area contributed by atoms with E-state index < -0.39 is 20.2 Å². The number of hydrogen-bond acceptors (Lipinski definition) is 11. The number of carbonyl (C=O) groups is 1. The number of nitrogens with one attached hydrogen (secondary N) is 2. The molecule has 3 aromatic rings. The summed E-state index contributed by atoms with van der Waals surface area (Å²) in [7, 11) is -4.01. The van der Waals surface area contributed by atoms with Crippen LogP contribution in [0.4, 0.5) is 11.5 Å². The lowest BCUT2D eigenvalue weighted by Gasteiger charge is -2.14. The van der Waals surface area contributed by atoms with Gasteiger partial charge in [0.25, 0.3) is 26.1 Å². The molecule has 0 bridgehead atoms. The third-order valence-corrected chi connectivity index (χ3v) is 4.48. The highest BCUT2D eigenvalue weighted by Crippen LogP contribution is 2.28. The number of aromatic nitrogens is 3. The van der Waals surface area contributed by atoms with Gasteiger partial charge in [-0.15, -0.1) is 11.8 Å². The summed E-state index contributed by atoms with van der Waals surface area (Å²) in [6.45, 7) is 0. The number of pyridine rings is 1. The molecule has 202 valence electrons. The molecule has 37 heavy (non-hydrogen) atoms. The molecule has 0 saturated heterocycles. The summed E-state index contributed by atoms with van der Waals surface area (Å²) in [6.07, 6.45) is 6.68. The predicted octanol–water partition coefficient (Wildman–Crippen LogP) is 2.57. The van der Waals surface area contributed by atoms with Crippen LogP contribution in [0.1, 0.15) is 10.4 Å². The number of thioether (sulfide) groups is 1. The minimum Gasteiger partial charge on any atom is -0.497 e. The highest BCUT2D eigenvalue weighted by Gasteiger charge is 2.21. The van der Waals surface area contributed by atoms with Gasteiger partial charge in [-0.05, 0) is 42.7 Å². The summed E-state index contributed by atoms with van der Waals surface area (Å²) < 4.78 is 56.9. The Morgan fingerprint density at radius 3 is 2.00 bits per heavy atom. The monoisotopic (exact) mass is 573 g/mol. The molecule has 13 nitrogen and oxygen atoms in total. The average molecular weight is 574 g/mol. The largest absolute Gasteiger partial charge is 0.497 e. The maximum Gasteiger partial charge on any atom is 0.262 e. The molecule has 0 aliphatic carbocycles. The van der Waals surface area contributed by atoms with Gasteiger partial charge < -0.3 is 15.4 Å². The van der Waals surface area contributed by atoms with Crippen molar-refractivity contribution < 1.29 is 35.5 Å². The van der Waals surface area contributed by atoms with E-state index in [-0.39, 0.29) is 5.91 Å². The van der Waals surface area contributed by atoms with E-state index in [4.69, 9.17) is 13.8 Å². The molecule has 1 amide bonds. The van der Waals surface area contributed by atoms with Crippen molar-refractivity contribution in [2.24, 2.45) is 0 Å². The molecule has 0 aliphatic heterocycles. The first kappa shape index (κ1) is 31.7. The SMILES string of the molecule is CNc1nc(-c2cccnc2)nc(SC)c1C(=O)Nc1ccc(OC)cc1.CS(=O)(=O)O.CS(=O)(=O)O. The Bertz CT molecular complexity index is 1310. The molecular weight excluding hydrogens is 546 g/mol. The zero-order valence-electron chi connectivity index (χ0n) is 20.5.